The van der Waals surface area contributed by atoms with E-state index in [-0.39, 0.29) is 4.90 Å². The van der Waals surface area contributed by atoms with Gasteiger partial charge in [-0.15, -0.1) is 0 Å². The number of benzene rings is 2. The van der Waals surface area contributed by atoms with Crippen molar-refractivity contribution in [3.63, 3.8) is 0 Å². The van der Waals surface area contributed by atoms with Crippen molar-refractivity contribution < 1.29 is 13.2 Å². The van der Waals surface area contributed by atoms with Gasteiger partial charge in [0.2, 0.25) is 10.0 Å². The highest BCUT2D eigenvalue weighted by molar-refractivity contribution is 9.10. The van der Waals surface area contributed by atoms with E-state index < -0.39 is 10.0 Å². The number of nitrogens with one attached hydrogen (secondary N) is 1. The maximum absolute atomic E-state index is 12.4. The maximum atomic E-state index is 12.4. The minimum atomic E-state index is -3.61. The second-order valence-electron chi connectivity index (χ2n) is 4.87. The van der Waals surface area contributed by atoms with Gasteiger partial charge in [-0.25, -0.2) is 13.1 Å². The van der Waals surface area contributed by atoms with Crippen LogP contribution in [-0.2, 0) is 15.8 Å². The molecule has 1 N–H and O–H groups in total. The molecule has 0 amide bonds. The van der Waals surface area contributed by atoms with Crippen molar-refractivity contribution in [3.8, 4) is 5.75 Å². The second-order valence-corrected chi connectivity index (χ2v) is 9.06. The van der Waals surface area contributed by atoms with Crippen LogP contribution >= 0.6 is 39.3 Å². The average molecular weight is 451 g/mol. The number of methoxy groups -OCH3 is 1. The number of thioether (sulfide) groups is 1. The first-order valence-corrected chi connectivity index (χ1v) is 10.9. The summed E-state index contributed by atoms with van der Waals surface area (Å²) in [5.41, 5.74) is 1.15. The van der Waals surface area contributed by atoms with Crippen LogP contribution in [0.3, 0.4) is 0 Å². The van der Waals surface area contributed by atoms with E-state index in [0.717, 1.165) is 11.3 Å². The summed E-state index contributed by atoms with van der Waals surface area (Å²) in [5, 5.41) is 0.708. The smallest absolute Gasteiger partial charge is 0.244 e. The molecule has 130 valence electrons. The van der Waals surface area contributed by atoms with Gasteiger partial charge in [0, 0.05) is 27.5 Å². The SMILES string of the molecule is COc1ccc(Br)cc1S(=O)(=O)NCCSCc1ccc(Cl)cc1. The lowest BCUT2D eigenvalue weighted by Gasteiger charge is -2.11. The van der Waals surface area contributed by atoms with Crippen molar-refractivity contribution in [1.82, 2.24) is 4.72 Å². The van der Waals surface area contributed by atoms with Gasteiger partial charge < -0.3 is 4.74 Å². The molecule has 0 saturated carbocycles. The maximum Gasteiger partial charge on any atom is 0.244 e. The van der Waals surface area contributed by atoms with Gasteiger partial charge in [-0.1, -0.05) is 39.7 Å². The standard InChI is InChI=1S/C16H17BrClNO3S2/c1-22-15-7-4-13(17)10-16(15)24(20,21)19-8-9-23-11-12-2-5-14(18)6-3-12/h2-7,10,19H,8-9,11H2,1H3. The summed E-state index contributed by atoms with van der Waals surface area (Å²) in [6, 6.07) is 12.5. The lowest BCUT2D eigenvalue weighted by Crippen LogP contribution is -2.26. The lowest BCUT2D eigenvalue weighted by molar-refractivity contribution is 0.402. The zero-order chi connectivity index (χ0) is 17.6. The Hall–Kier alpha value is -0.730. The van der Waals surface area contributed by atoms with Gasteiger partial charge in [0.05, 0.1) is 7.11 Å². The van der Waals surface area contributed by atoms with Crippen LogP contribution in [0.15, 0.2) is 51.8 Å². The molecule has 8 heteroatoms. The van der Waals surface area contributed by atoms with E-state index in [4.69, 9.17) is 16.3 Å². The topological polar surface area (TPSA) is 55.4 Å². The van der Waals surface area contributed by atoms with Gasteiger partial charge >= 0.3 is 0 Å². The summed E-state index contributed by atoms with van der Waals surface area (Å²) in [6.45, 7) is 0.344. The monoisotopic (exact) mass is 449 g/mol. The van der Waals surface area contributed by atoms with Crippen molar-refractivity contribution >= 4 is 49.3 Å². The van der Waals surface area contributed by atoms with Gasteiger partial charge in [-0.3, -0.25) is 0 Å². The van der Waals surface area contributed by atoms with Crippen molar-refractivity contribution in [3.05, 3.63) is 57.5 Å². The fraction of sp³-hybridized carbons (Fsp3) is 0.250. The van der Waals surface area contributed by atoms with Gasteiger partial charge in [0.25, 0.3) is 0 Å². The molecule has 0 aliphatic heterocycles. The summed E-state index contributed by atoms with van der Waals surface area (Å²) < 4.78 is 33.2. The van der Waals surface area contributed by atoms with Crippen LogP contribution in [0.5, 0.6) is 5.75 Å². The van der Waals surface area contributed by atoms with E-state index in [1.165, 1.54) is 13.2 Å². The molecule has 0 aliphatic rings. The second kappa shape index (κ2) is 9.10. The summed E-state index contributed by atoms with van der Waals surface area (Å²) in [6.07, 6.45) is 0. The Kier molecular flexibility index (Phi) is 7.43. The van der Waals surface area contributed by atoms with Crippen molar-refractivity contribution in [2.45, 2.75) is 10.6 Å². The first-order chi connectivity index (χ1) is 11.4. The molecule has 2 rings (SSSR count). The Labute approximate surface area is 160 Å². The third kappa shape index (κ3) is 5.67. The van der Waals surface area contributed by atoms with Gasteiger partial charge in [0.1, 0.15) is 10.6 Å². The van der Waals surface area contributed by atoms with Crippen LogP contribution in [-0.4, -0.2) is 27.8 Å². The van der Waals surface area contributed by atoms with E-state index in [1.807, 2.05) is 24.3 Å². The number of sulfonamides is 1. The molecular formula is C16H17BrClNO3S2. The Bertz CT molecular complexity index is 782. The molecule has 0 aliphatic carbocycles. The highest BCUT2D eigenvalue weighted by Crippen LogP contribution is 2.27. The molecule has 0 unspecified atom stereocenters. The number of hydrogen-bond donors (Lipinski definition) is 1. The third-order valence-corrected chi connectivity index (χ3v) is 6.39. The predicted molar refractivity (Wildman–Crippen MR) is 103 cm³/mol. The Balaban J connectivity index is 1.87. The fourth-order valence-corrected chi connectivity index (χ4v) is 4.77. The van der Waals surface area contributed by atoms with Crippen LogP contribution in [0, 0.1) is 0 Å². The normalized spacial score (nSPS) is 11.5. The molecule has 2 aromatic carbocycles. The highest BCUT2D eigenvalue weighted by atomic mass is 79.9. The molecule has 0 saturated heterocycles. The molecule has 0 aromatic heterocycles. The lowest BCUT2D eigenvalue weighted by atomic mass is 10.2. The Morgan fingerprint density at radius 3 is 2.58 bits per heavy atom. The van der Waals surface area contributed by atoms with Crippen LogP contribution in [0.25, 0.3) is 0 Å². The largest absolute Gasteiger partial charge is 0.495 e. The molecule has 2 aromatic rings. The Morgan fingerprint density at radius 1 is 1.21 bits per heavy atom. The average Bonchev–Trinajstić information content (AvgIpc) is 2.56. The van der Waals surface area contributed by atoms with Crippen LogP contribution in [0.4, 0.5) is 0 Å². The van der Waals surface area contributed by atoms with E-state index in [9.17, 15) is 8.42 Å². The molecule has 0 spiro atoms. The van der Waals surface area contributed by atoms with Crippen molar-refractivity contribution in [2.24, 2.45) is 0 Å². The van der Waals surface area contributed by atoms with Gasteiger partial charge in [-0.05, 0) is 35.9 Å². The molecule has 0 heterocycles. The zero-order valence-corrected chi connectivity index (χ0v) is 16.9. The third-order valence-electron chi connectivity index (χ3n) is 3.14. The number of hydrogen-bond acceptors (Lipinski definition) is 4. The quantitative estimate of drug-likeness (QED) is 0.608. The van der Waals surface area contributed by atoms with Gasteiger partial charge in [-0.2, -0.15) is 11.8 Å². The molecule has 0 radical (unpaired) electrons. The molecule has 0 bridgehead atoms. The summed E-state index contributed by atoms with van der Waals surface area (Å²) >= 11 is 10.8. The molecule has 24 heavy (non-hydrogen) atoms. The molecule has 0 atom stereocenters. The van der Waals surface area contributed by atoms with Crippen molar-refractivity contribution in [1.29, 1.82) is 0 Å². The molecule has 4 nitrogen and oxygen atoms in total. The van der Waals surface area contributed by atoms with E-state index in [2.05, 4.69) is 20.7 Å². The first-order valence-electron chi connectivity index (χ1n) is 7.08. The molecular weight excluding hydrogens is 434 g/mol. The van der Waals surface area contributed by atoms with Gasteiger partial charge in [0.15, 0.2) is 0 Å². The minimum Gasteiger partial charge on any atom is -0.495 e. The number of rotatable bonds is 8. The highest BCUT2D eigenvalue weighted by Gasteiger charge is 2.19. The van der Waals surface area contributed by atoms with E-state index in [0.29, 0.717) is 27.5 Å². The number of halogens is 2. The fourth-order valence-electron chi connectivity index (χ4n) is 1.96. The van der Waals surface area contributed by atoms with Crippen LogP contribution in [0.1, 0.15) is 5.56 Å². The first kappa shape index (κ1) is 19.6. The van der Waals surface area contributed by atoms with E-state index in [1.54, 1.807) is 23.9 Å². The predicted octanol–water partition coefficient (Wildman–Crippen LogP) is 4.32. The van der Waals surface area contributed by atoms with E-state index >= 15 is 0 Å². The zero-order valence-electron chi connectivity index (χ0n) is 13.0. The molecule has 0 fully saturated rings. The summed E-state index contributed by atoms with van der Waals surface area (Å²) in [7, 11) is -2.16. The summed E-state index contributed by atoms with van der Waals surface area (Å²) in [5.74, 6) is 1.79. The number of ether oxygens (including phenoxy) is 1. The van der Waals surface area contributed by atoms with Crippen molar-refractivity contribution in [2.75, 3.05) is 19.4 Å². The Morgan fingerprint density at radius 2 is 1.92 bits per heavy atom. The minimum absolute atomic E-state index is 0.127. The van der Waals surface area contributed by atoms with Crippen LogP contribution in [0.2, 0.25) is 5.02 Å². The summed E-state index contributed by atoms with van der Waals surface area (Å²) in [4.78, 5) is 0.127. The van der Waals surface area contributed by atoms with Crippen LogP contribution < -0.4 is 9.46 Å².